The topological polar surface area (TPSA) is 96.6 Å². The molecular weight excluding hydrogens is 310 g/mol. The van der Waals surface area contributed by atoms with Gasteiger partial charge in [0.25, 0.3) is 0 Å². The van der Waals surface area contributed by atoms with Crippen LogP contribution in [0.2, 0.25) is 0 Å². The highest BCUT2D eigenvalue weighted by molar-refractivity contribution is 5.92. The minimum atomic E-state index is -1.03. The summed E-state index contributed by atoms with van der Waals surface area (Å²) in [4.78, 5) is 34.3. The van der Waals surface area contributed by atoms with E-state index in [-0.39, 0.29) is 16.9 Å². The summed E-state index contributed by atoms with van der Waals surface area (Å²) < 4.78 is 5.75. The molecule has 0 bridgehead atoms. The number of fused-ring (bicyclic) bond motifs is 1. The van der Waals surface area contributed by atoms with Crippen molar-refractivity contribution in [2.24, 2.45) is 0 Å². The number of carboxylic acids is 1. The Morgan fingerprint density at radius 2 is 1.75 bits per heavy atom. The summed E-state index contributed by atoms with van der Waals surface area (Å²) in [5.74, 6) is -0.928. The van der Waals surface area contributed by atoms with E-state index in [2.05, 4.69) is 5.32 Å². The molecule has 6 nitrogen and oxygen atoms in total. The van der Waals surface area contributed by atoms with Gasteiger partial charge in [-0.3, -0.25) is 9.59 Å². The Kier molecular flexibility index (Phi) is 3.87. The third-order valence-electron chi connectivity index (χ3n) is 3.47. The highest BCUT2D eigenvalue weighted by atomic mass is 16.4. The Labute approximate surface area is 136 Å². The third-order valence-corrected chi connectivity index (χ3v) is 3.47. The molecule has 0 aliphatic rings. The Morgan fingerprint density at radius 1 is 1.04 bits per heavy atom. The summed E-state index contributed by atoms with van der Waals surface area (Å²) in [6, 6.07) is 12.2. The van der Waals surface area contributed by atoms with E-state index in [4.69, 9.17) is 9.52 Å². The molecule has 0 radical (unpaired) electrons. The van der Waals surface area contributed by atoms with Crippen LogP contribution in [0.4, 0.5) is 5.69 Å². The van der Waals surface area contributed by atoms with E-state index >= 15 is 0 Å². The molecule has 2 aromatic carbocycles. The minimum Gasteiger partial charge on any atom is -0.478 e. The van der Waals surface area contributed by atoms with Crippen molar-refractivity contribution >= 4 is 28.5 Å². The van der Waals surface area contributed by atoms with E-state index < -0.39 is 5.97 Å². The molecule has 0 aliphatic heterocycles. The fourth-order valence-electron chi connectivity index (χ4n) is 2.36. The van der Waals surface area contributed by atoms with E-state index in [9.17, 15) is 14.4 Å². The monoisotopic (exact) mass is 323 g/mol. The zero-order chi connectivity index (χ0) is 17.3. The maximum atomic E-state index is 12.2. The van der Waals surface area contributed by atoms with Crippen LogP contribution in [0.3, 0.4) is 0 Å². The van der Waals surface area contributed by atoms with Crippen LogP contribution in [0.15, 0.2) is 57.7 Å². The molecule has 0 atom stereocenters. The fourth-order valence-corrected chi connectivity index (χ4v) is 2.36. The summed E-state index contributed by atoms with van der Waals surface area (Å²) in [6.45, 7) is 1.39. The Balaban J connectivity index is 2.09. The molecule has 3 aromatic rings. The van der Waals surface area contributed by atoms with Crippen LogP contribution < -0.4 is 10.7 Å². The van der Waals surface area contributed by atoms with Crippen LogP contribution >= 0.6 is 0 Å². The summed E-state index contributed by atoms with van der Waals surface area (Å²) in [6.07, 6.45) is 0. The number of rotatable bonds is 3. The summed E-state index contributed by atoms with van der Waals surface area (Å²) in [5.41, 5.74) is 1.38. The van der Waals surface area contributed by atoms with E-state index in [1.807, 2.05) is 0 Å². The quantitative estimate of drug-likeness (QED) is 0.772. The molecule has 1 aromatic heterocycles. The molecule has 1 heterocycles. The molecule has 0 aliphatic carbocycles. The SMILES string of the molecule is CC(=O)Nc1ccc2c(=O)cc(-c3ccc(C(=O)O)cc3)oc2c1. The lowest BCUT2D eigenvalue weighted by Crippen LogP contribution is -2.06. The molecule has 0 unspecified atom stereocenters. The predicted molar refractivity (Wildman–Crippen MR) is 89.2 cm³/mol. The first-order valence-corrected chi connectivity index (χ1v) is 7.13. The molecule has 2 N–H and O–H groups in total. The molecule has 1 amide bonds. The van der Waals surface area contributed by atoms with Crippen LogP contribution in [0.1, 0.15) is 17.3 Å². The number of carbonyl (C=O) groups is 2. The second-order valence-electron chi connectivity index (χ2n) is 5.25. The lowest BCUT2D eigenvalue weighted by Gasteiger charge is -2.06. The summed E-state index contributed by atoms with van der Waals surface area (Å²) in [5, 5.41) is 12.0. The van der Waals surface area contributed by atoms with Gasteiger partial charge in [0.05, 0.1) is 10.9 Å². The second-order valence-corrected chi connectivity index (χ2v) is 5.25. The van der Waals surface area contributed by atoms with Gasteiger partial charge in [-0.1, -0.05) is 12.1 Å². The molecule has 120 valence electrons. The molecule has 0 fully saturated rings. The molecular formula is C18H13NO5. The number of benzene rings is 2. The van der Waals surface area contributed by atoms with Crippen LogP contribution in [-0.4, -0.2) is 17.0 Å². The van der Waals surface area contributed by atoms with Crippen molar-refractivity contribution in [3.63, 3.8) is 0 Å². The van der Waals surface area contributed by atoms with Gasteiger partial charge in [0.1, 0.15) is 11.3 Å². The third kappa shape index (κ3) is 3.03. The van der Waals surface area contributed by atoms with Crippen LogP contribution in [0.25, 0.3) is 22.3 Å². The predicted octanol–water partition coefficient (Wildman–Crippen LogP) is 3.12. The van der Waals surface area contributed by atoms with Crippen molar-refractivity contribution in [1.82, 2.24) is 0 Å². The largest absolute Gasteiger partial charge is 0.478 e. The average Bonchev–Trinajstić information content (AvgIpc) is 2.54. The van der Waals surface area contributed by atoms with Gasteiger partial charge in [-0.2, -0.15) is 0 Å². The summed E-state index contributed by atoms with van der Waals surface area (Å²) in [7, 11) is 0. The van der Waals surface area contributed by atoms with Gasteiger partial charge in [-0.25, -0.2) is 4.79 Å². The van der Waals surface area contributed by atoms with Gasteiger partial charge in [0.15, 0.2) is 5.43 Å². The van der Waals surface area contributed by atoms with E-state index in [0.29, 0.717) is 28.0 Å². The maximum absolute atomic E-state index is 12.2. The Hall–Kier alpha value is -3.41. The first-order valence-electron chi connectivity index (χ1n) is 7.13. The average molecular weight is 323 g/mol. The maximum Gasteiger partial charge on any atom is 0.335 e. The number of amides is 1. The summed E-state index contributed by atoms with van der Waals surface area (Å²) >= 11 is 0. The first-order chi connectivity index (χ1) is 11.4. The van der Waals surface area contributed by atoms with Gasteiger partial charge < -0.3 is 14.8 Å². The van der Waals surface area contributed by atoms with Crippen molar-refractivity contribution in [3.8, 4) is 11.3 Å². The number of hydrogen-bond donors (Lipinski definition) is 2. The number of nitrogens with one attached hydrogen (secondary N) is 1. The molecule has 3 rings (SSSR count). The Bertz CT molecular complexity index is 1000. The van der Waals surface area contributed by atoms with Crippen LogP contribution in [0.5, 0.6) is 0 Å². The number of aromatic carboxylic acids is 1. The number of anilines is 1. The highest BCUT2D eigenvalue weighted by Crippen LogP contribution is 2.24. The molecule has 0 saturated carbocycles. The standard InChI is InChI=1S/C18H13NO5/c1-10(20)19-13-6-7-14-15(21)9-16(24-17(14)8-13)11-2-4-12(5-3-11)18(22)23/h2-9H,1H3,(H,19,20)(H,22,23). The minimum absolute atomic E-state index is 0.148. The van der Waals surface area contributed by atoms with Gasteiger partial charge in [-0.05, 0) is 24.3 Å². The molecule has 0 saturated heterocycles. The highest BCUT2D eigenvalue weighted by Gasteiger charge is 2.09. The van der Waals surface area contributed by atoms with Crippen LogP contribution in [-0.2, 0) is 4.79 Å². The van der Waals surface area contributed by atoms with Gasteiger partial charge in [0.2, 0.25) is 5.91 Å². The van der Waals surface area contributed by atoms with Crippen molar-refractivity contribution < 1.29 is 19.1 Å². The van der Waals surface area contributed by atoms with Gasteiger partial charge >= 0.3 is 5.97 Å². The smallest absolute Gasteiger partial charge is 0.335 e. The molecule has 6 heteroatoms. The van der Waals surface area contributed by atoms with Crippen molar-refractivity contribution in [3.05, 3.63) is 64.3 Å². The Morgan fingerprint density at radius 3 is 2.38 bits per heavy atom. The van der Waals surface area contributed by atoms with Crippen molar-refractivity contribution in [2.75, 3.05) is 5.32 Å². The zero-order valence-electron chi connectivity index (χ0n) is 12.7. The molecule has 0 spiro atoms. The van der Waals surface area contributed by atoms with Crippen LogP contribution in [0, 0.1) is 0 Å². The second kappa shape index (κ2) is 6.00. The number of carbonyl (C=O) groups excluding carboxylic acids is 1. The van der Waals surface area contributed by atoms with Crippen molar-refractivity contribution in [1.29, 1.82) is 0 Å². The van der Waals surface area contributed by atoms with Crippen molar-refractivity contribution in [2.45, 2.75) is 6.92 Å². The normalized spacial score (nSPS) is 10.5. The first kappa shape index (κ1) is 15.5. The number of carboxylic acid groups (broad SMARTS) is 1. The van der Waals surface area contributed by atoms with E-state index in [0.717, 1.165) is 0 Å². The molecule has 24 heavy (non-hydrogen) atoms. The lowest BCUT2D eigenvalue weighted by molar-refractivity contribution is -0.114. The lowest BCUT2D eigenvalue weighted by atomic mass is 10.1. The van der Waals surface area contributed by atoms with Gasteiger partial charge in [-0.15, -0.1) is 0 Å². The fraction of sp³-hybridized carbons (Fsp3) is 0.0556. The van der Waals surface area contributed by atoms with E-state index in [1.54, 1.807) is 30.3 Å². The zero-order valence-corrected chi connectivity index (χ0v) is 12.7. The van der Waals surface area contributed by atoms with E-state index in [1.165, 1.54) is 25.1 Å². The number of hydrogen-bond acceptors (Lipinski definition) is 4. The van der Waals surface area contributed by atoms with Gasteiger partial charge in [0, 0.05) is 30.3 Å².